The second-order valence-corrected chi connectivity index (χ2v) is 22.7. The van der Waals surface area contributed by atoms with Crippen molar-refractivity contribution in [2.75, 3.05) is 60.5 Å². The standard InChI is InChI=1S/C64H76N5O12P/c1-42(2)63(72)67-58-37-55(70)61-62(66-58)68(41-65-61)59-38-56(57(80-59)40-78-64(45-17-10-9-11-18-45,46-24-28-48(73-7)29-25-46)47-26-30-49(74-8)31-27-47)81-82(69(43(3)4)44(5)6)79-36-35-76-34-33-75-32-16-23-60(71)77-39-54-52-21-14-12-19-50(52)51-20-13-15-22-53(51)54/h9-15,17-22,24-31,41-44,54,56-57,59H,16,23,32-40H2,1-8H3,(H,66,67,72). The second kappa shape index (κ2) is 28.1. The second-order valence-electron chi connectivity index (χ2n) is 21.3. The third-order valence-electron chi connectivity index (χ3n) is 14.8. The Labute approximate surface area is 482 Å². The van der Waals surface area contributed by atoms with E-state index < -0.39 is 32.6 Å². The number of ether oxygens (including phenoxy) is 7. The van der Waals surface area contributed by atoms with Crippen LogP contribution in [-0.2, 0) is 47.9 Å². The molecule has 1 N–H and O–H groups in total. The Hall–Kier alpha value is -6.66. The molecule has 5 aromatic carbocycles. The Bertz CT molecular complexity index is 3010. The van der Waals surface area contributed by atoms with Crippen LogP contribution in [0.5, 0.6) is 11.5 Å². The average molecular weight is 1140 g/mol. The maximum Gasteiger partial charge on any atom is 0.305 e. The highest BCUT2D eigenvalue weighted by Gasteiger charge is 2.46. The molecule has 82 heavy (non-hydrogen) atoms. The molecule has 2 aliphatic heterocycles. The lowest BCUT2D eigenvalue weighted by atomic mass is 9.80. The van der Waals surface area contributed by atoms with E-state index in [0.717, 1.165) is 16.7 Å². The number of carbonyl (C=O) groups is 3. The summed E-state index contributed by atoms with van der Waals surface area (Å²) in [5.74, 6) is 0.872. The van der Waals surface area contributed by atoms with Gasteiger partial charge in [-0.3, -0.25) is 19.0 Å². The smallest absolute Gasteiger partial charge is 0.305 e. The van der Waals surface area contributed by atoms with E-state index >= 15 is 0 Å². The number of esters is 1. The molecule has 0 bridgehead atoms. The fourth-order valence-corrected chi connectivity index (χ4v) is 12.5. The van der Waals surface area contributed by atoms with Crippen LogP contribution in [-0.4, -0.2) is 122 Å². The summed E-state index contributed by atoms with van der Waals surface area (Å²) in [6.45, 7) is 13.9. The number of nitrogens with zero attached hydrogens (tertiary/aromatic N) is 4. The van der Waals surface area contributed by atoms with E-state index in [1.165, 1.54) is 22.3 Å². The number of benzene rings is 5. The highest BCUT2D eigenvalue weighted by atomic mass is 31.2. The van der Waals surface area contributed by atoms with Crippen molar-refractivity contribution in [2.24, 2.45) is 10.9 Å². The molecular formula is C64H76N5O12P. The Balaban J connectivity index is 0.885. The number of methoxy groups -OCH3 is 2. The summed E-state index contributed by atoms with van der Waals surface area (Å²) in [7, 11) is 1.52. The van der Waals surface area contributed by atoms with Crippen molar-refractivity contribution in [2.45, 2.75) is 109 Å². The zero-order chi connectivity index (χ0) is 57.8. The number of ketones is 1. The van der Waals surface area contributed by atoms with Gasteiger partial charge in [0.25, 0.3) is 8.53 Å². The minimum absolute atomic E-state index is 0.0182. The van der Waals surface area contributed by atoms with Gasteiger partial charge in [-0.1, -0.05) is 117 Å². The summed E-state index contributed by atoms with van der Waals surface area (Å²) < 4.78 is 61.3. The monoisotopic (exact) mass is 1140 g/mol. The number of hydrogen-bond acceptors (Lipinski definition) is 15. The number of Topliss-reactive ketones (excluding diaryl/α,β-unsaturated/α-hetero) is 1. The van der Waals surface area contributed by atoms with Crippen LogP contribution in [0.25, 0.3) is 11.1 Å². The van der Waals surface area contributed by atoms with Crippen LogP contribution in [0.4, 0.5) is 5.82 Å². The molecule has 9 rings (SSSR count). The third-order valence-corrected chi connectivity index (χ3v) is 17.0. The van der Waals surface area contributed by atoms with Crippen molar-refractivity contribution in [3.8, 4) is 22.6 Å². The number of rotatable bonds is 28. The number of carbonyl (C=O) groups excluding carboxylic acids is 3. The van der Waals surface area contributed by atoms with Gasteiger partial charge in [-0.25, -0.2) is 14.6 Å². The lowest BCUT2D eigenvalue weighted by Gasteiger charge is -2.39. The van der Waals surface area contributed by atoms with Gasteiger partial charge in [0.15, 0.2) is 17.3 Å². The number of fused-ring (bicyclic) bond motifs is 4. The SMILES string of the molecule is COc1ccc(C(OCC2OC(n3cnc4c3N=C(NC(=O)C(C)C)CC4=O)CC2OP(OCCOCCOCCCC(=O)OCC2c3ccccc3-c3ccccc32)N(C(C)C)C(C)C)(c2ccccc2)c2ccc(OC)cc2)cc1. The first-order valence-electron chi connectivity index (χ1n) is 28.3. The van der Waals surface area contributed by atoms with E-state index in [-0.39, 0.29) is 91.6 Å². The maximum atomic E-state index is 13.5. The van der Waals surface area contributed by atoms with Crippen LogP contribution in [0, 0.1) is 5.92 Å². The van der Waals surface area contributed by atoms with Gasteiger partial charge in [0, 0.05) is 43.4 Å². The lowest BCUT2D eigenvalue weighted by Crippen LogP contribution is -2.39. The minimum atomic E-state index is -1.75. The molecule has 4 unspecified atom stereocenters. The predicted molar refractivity (Wildman–Crippen MR) is 313 cm³/mol. The van der Waals surface area contributed by atoms with E-state index in [9.17, 15) is 14.4 Å². The molecule has 6 aromatic rings. The van der Waals surface area contributed by atoms with E-state index in [0.29, 0.717) is 50.8 Å². The fraction of sp³-hybridized carbons (Fsp3) is 0.422. The minimum Gasteiger partial charge on any atom is -0.497 e. The first-order valence-corrected chi connectivity index (χ1v) is 29.4. The molecule has 1 aliphatic carbocycles. The van der Waals surface area contributed by atoms with E-state index in [1.54, 1.807) is 39.0 Å². The number of amidine groups is 1. The van der Waals surface area contributed by atoms with Gasteiger partial charge in [-0.15, -0.1) is 0 Å². The zero-order valence-electron chi connectivity index (χ0n) is 48.2. The van der Waals surface area contributed by atoms with Gasteiger partial charge >= 0.3 is 5.97 Å². The first kappa shape index (κ1) is 59.9. The van der Waals surface area contributed by atoms with E-state index in [1.807, 2.05) is 103 Å². The Morgan fingerprint density at radius 1 is 0.732 bits per heavy atom. The predicted octanol–water partition coefficient (Wildman–Crippen LogP) is 11.5. The van der Waals surface area contributed by atoms with Gasteiger partial charge in [0.1, 0.15) is 41.9 Å². The molecule has 3 heterocycles. The van der Waals surface area contributed by atoms with Gasteiger partial charge in [0.05, 0.1) is 66.1 Å². The van der Waals surface area contributed by atoms with Crippen molar-refractivity contribution in [3.05, 3.63) is 167 Å². The highest BCUT2D eigenvalue weighted by Crippen LogP contribution is 2.51. The molecule has 0 spiro atoms. The molecule has 17 nitrogen and oxygen atoms in total. The maximum absolute atomic E-state index is 13.5. The van der Waals surface area contributed by atoms with Crippen LogP contribution >= 0.6 is 8.53 Å². The first-order chi connectivity index (χ1) is 39.8. The lowest BCUT2D eigenvalue weighted by molar-refractivity contribution is -0.144. The number of aliphatic imine (C=N–C) groups is 1. The molecule has 4 atom stereocenters. The molecule has 434 valence electrons. The molecule has 1 fully saturated rings. The van der Waals surface area contributed by atoms with Gasteiger partial charge in [-0.05, 0) is 97.3 Å². The molecule has 0 radical (unpaired) electrons. The van der Waals surface area contributed by atoms with E-state index in [4.69, 9.17) is 47.2 Å². The molecule has 0 saturated carbocycles. The van der Waals surface area contributed by atoms with E-state index in [2.05, 4.69) is 66.9 Å². The molecule has 1 aromatic heterocycles. The molecule has 1 amide bonds. The molecular weight excluding hydrogens is 1060 g/mol. The summed E-state index contributed by atoms with van der Waals surface area (Å²) in [6, 6.07) is 42.4. The van der Waals surface area contributed by atoms with Gasteiger partial charge < -0.3 is 47.5 Å². The van der Waals surface area contributed by atoms with Crippen LogP contribution in [0.2, 0.25) is 0 Å². The van der Waals surface area contributed by atoms with Crippen molar-refractivity contribution < 1.29 is 56.6 Å². The molecule has 3 aliphatic rings. The van der Waals surface area contributed by atoms with Crippen molar-refractivity contribution in [1.29, 1.82) is 0 Å². The van der Waals surface area contributed by atoms with Crippen LogP contribution < -0.4 is 14.8 Å². The largest absolute Gasteiger partial charge is 0.497 e. The quantitative estimate of drug-likeness (QED) is 0.0212. The Morgan fingerprint density at radius 3 is 1.90 bits per heavy atom. The van der Waals surface area contributed by atoms with Crippen LogP contribution in [0.15, 0.2) is 139 Å². The van der Waals surface area contributed by atoms with Gasteiger partial charge in [0.2, 0.25) is 5.91 Å². The number of nitrogens with one attached hydrogen (secondary N) is 1. The molecule has 1 saturated heterocycles. The van der Waals surface area contributed by atoms with Crippen LogP contribution in [0.1, 0.15) is 118 Å². The van der Waals surface area contributed by atoms with Crippen molar-refractivity contribution in [1.82, 2.24) is 19.5 Å². The highest BCUT2D eigenvalue weighted by molar-refractivity contribution is 7.44. The normalized spacial score (nSPS) is 17.2. The van der Waals surface area contributed by atoms with Crippen molar-refractivity contribution in [3.63, 3.8) is 0 Å². The van der Waals surface area contributed by atoms with Crippen LogP contribution in [0.3, 0.4) is 0 Å². The summed E-state index contributed by atoms with van der Waals surface area (Å²) in [4.78, 5) is 48.5. The summed E-state index contributed by atoms with van der Waals surface area (Å²) in [5, 5.41) is 2.83. The molecule has 18 heteroatoms. The zero-order valence-corrected chi connectivity index (χ0v) is 49.1. The Kier molecular flexibility index (Phi) is 20.5. The average Bonchev–Trinajstić information content (AvgIpc) is 3.34. The number of imidazole rings is 1. The van der Waals surface area contributed by atoms with Crippen molar-refractivity contribution >= 4 is 37.8 Å². The fourth-order valence-electron chi connectivity index (χ4n) is 10.8. The summed E-state index contributed by atoms with van der Waals surface area (Å²) >= 11 is 0. The number of hydrogen-bond donors (Lipinski definition) is 1. The Morgan fingerprint density at radius 2 is 1.30 bits per heavy atom. The number of amides is 1. The third kappa shape index (κ3) is 13.9. The topological polar surface area (TPSA) is 180 Å². The number of aromatic nitrogens is 2. The summed E-state index contributed by atoms with van der Waals surface area (Å²) in [5.41, 5.74) is 6.34. The summed E-state index contributed by atoms with van der Waals surface area (Å²) in [6.07, 6.45) is 0.517. The van der Waals surface area contributed by atoms with Gasteiger partial charge in [-0.2, -0.15) is 0 Å².